The Kier molecular flexibility index (Phi) is 5.37. The molecule has 0 saturated carbocycles. The number of nitrogens with one attached hydrogen (secondary N) is 1. The number of carbonyl (C=O) groups is 3. The molecule has 1 aromatic carbocycles. The van der Waals surface area contributed by atoms with Crippen LogP contribution in [0, 0.1) is 12.7 Å². The van der Waals surface area contributed by atoms with Gasteiger partial charge in [-0.15, -0.1) is 0 Å². The first-order valence-corrected chi connectivity index (χ1v) is 9.97. The number of halogens is 1. The van der Waals surface area contributed by atoms with Gasteiger partial charge in [-0.05, 0) is 60.2 Å². The van der Waals surface area contributed by atoms with Crippen LogP contribution in [-0.4, -0.2) is 44.4 Å². The molecular formula is C21H17FN4O3S. The lowest BCUT2D eigenvalue weighted by atomic mass is 10.2. The number of imidazole rings is 1. The van der Waals surface area contributed by atoms with Gasteiger partial charge in [0.05, 0.1) is 4.91 Å². The van der Waals surface area contributed by atoms with Gasteiger partial charge >= 0.3 is 0 Å². The van der Waals surface area contributed by atoms with Gasteiger partial charge in [-0.3, -0.25) is 19.3 Å². The molecule has 3 heterocycles. The fourth-order valence-corrected chi connectivity index (χ4v) is 3.83. The van der Waals surface area contributed by atoms with E-state index in [1.807, 2.05) is 25.3 Å². The highest BCUT2D eigenvalue weighted by atomic mass is 32.2. The Morgan fingerprint density at radius 1 is 1.23 bits per heavy atom. The first-order chi connectivity index (χ1) is 14.4. The maximum atomic E-state index is 13.0. The maximum absolute atomic E-state index is 13.0. The molecule has 0 unspecified atom stereocenters. The van der Waals surface area contributed by atoms with Gasteiger partial charge in [0.1, 0.15) is 17.2 Å². The van der Waals surface area contributed by atoms with E-state index in [1.165, 1.54) is 24.3 Å². The van der Waals surface area contributed by atoms with Crippen molar-refractivity contribution >= 4 is 40.5 Å². The molecule has 7 nitrogen and oxygen atoms in total. The number of fused-ring (bicyclic) bond motifs is 1. The number of aryl methyl sites for hydroxylation is 1. The van der Waals surface area contributed by atoms with Crippen LogP contribution in [0.2, 0.25) is 0 Å². The van der Waals surface area contributed by atoms with Crippen molar-refractivity contribution in [1.29, 1.82) is 0 Å². The number of pyridine rings is 1. The fraction of sp³-hybridized carbons (Fsp3) is 0.143. The predicted molar refractivity (Wildman–Crippen MR) is 111 cm³/mol. The monoisotopic (exact) mass is 424 g/mol. The van der Waals surface area contributed by atoms with Crippen molar-refractivity contribution in [3.05, 3.63) is 76.3 Å². The van der Waals surface area contributed by atoms with Gasteiger partial charge in [-0.1, -0.05) is 12.1 Å². The molecule has 152 valence electrons. The highest BCUT2D eigenvalue weighted by molar-refractivity contribution is 8.18. The van der Waals surface area contributed by atoms with Crippen LogP contribution in [0.4, 0.5) is 9.18 Å². The van der Waals surface area contributed by atoms with E-state index < -0.39 is 11.1 Å². The lowest BCUT2D eigenvalue weighted by Crippen LogP contribution is -2.37. The smallest absolute Gasteiger partial charge is 0.293 e. The summed E-state index contributed by atoms with van der Waals surface area (Å²) in [6.07, 6.45) is 4.99. The molecule has 2 aromatic heterocycles. The Morgan fingerprint density at radius 3 is 2.77 bits per heavy atom. The van der Waals surface area contributed by atoms with Crippen molar-refractivity contribution in [2.24, 2.45) is 0 Å². The molecular weight excluding hydrogens is 407 g/mol. The van der Waals surface area contributed by atoms with E-state index in [4.69, 9.17) is 0 Å². The van der Waals surface area contributed by atoms with Gasteiger partial charge in [0.2, 0.25) is 0 Å². The number of carbonyl (C=O) groups excluding carboxylic acids is 3. The Hall–Kier alpha value is -3.46. The van der Waals surface area contributed by atoms with Crippen molar-refractivity contribution in [3.63, 3.8) is 0 Å². The van der Waals surface area contributed by atoms with Gasteiger partial charge in [-0.25, -0.2) is 9.37 Å². The van der Waals surface area contributed by atoms with Crippen LogP contribution in [-0.2, 0) is 4.79 Å². The summed E-state index contributed by atoms with van der Waals surface area (Å²) >= 11 is 0.817. The number of rotatable bonds is 5. The third kappa shape index (κ3) is 4.11. The second-order valence-electron chi connectivity index (χ2n) is 6.74. The van der Waals surface area contributed by atoms with E-state index in [9.17, 15) is 18.8 Å². The fourth-order valence-electron chi connectivity index (χ4n) is 2.97. The summed E-state index contributed by atoms with van der Waals surface area (Å²) in [6.45, 7) is 2.09. The zero-order valence-corrected chi connectivity index (χ0v) is 16.8. The number of thioether (sulfide) groups is 1. The van der Waals surface area contributed by atoms with Crippen LogP contribution < -0.4 is 5.32 Å². The molecule has 0 aliphatic carbocycles. The summed E-state index contributed by atoms with van der Waals surface area (Å²) in [5, 5.41) is 2.27. The maximum Gasteiger partial charge on any atom is 0.293 e. The lowest BCUT2D eigenvalue weighted by Gasteiger charge is -2.12. The summed E-state index contributed by atoms with van der Waals surface area (Å²) in [7, 11) is 0. The van der Waals surface area contributed by atoms with Crippen LogP contribution >= 0.6 is 11.8 Å². The largest absolute Gasteiger partial charge is 0.349 e. The number of hydrogen-bond acceptors (Lipinski definition) is 5. The number of benzene rings is 1. The number of hydrogen-bond donors (Lipinski definition) is 1. The van der Waals surface area contributed by atoms with Gasteiger partial charge in [0.25, 0.3) is 17.1 Å². The molecule has 1 fully saturated rings. The third-order valence-electron chi connectivity index (χ3n) is 4.51. The van der Waals surface area contributed by atoms with Crippen LogP contribution in [0.3, 0.4) is 0 Å². The van der Waals surface area contributed by atoms with Gasteiger partial charge in [0.15, 0.2) is 0 Å². The average Bonchev–Trinajstić information content (AvgIpc) is 3.25. The van der Waals surface area contributed by atoms with Crippen molar-refractivity contribution < 1.29 is 18.8 Å². The normalized spacial score (nSPS) is 15.4. The second kappa shape index (κ2) is 8.11. The van der Waals surface area contributed by atoms with Crippen molar-refractivity contribution in [2.45, 2.75) is 6.92 Å². The van der Waals surface area contributed by atoms with E-state index >= 15 is 0 Å². The van der Waals surface area contributed by atoms with E-state index in [0.29, 0.717) is 11.2 Å². The van der Waals surface area contributed by atoms with E-state index in [0.717, 1.165) is 22.2 Å². The van der Waals surface area contributed by atoms with Crippen molar-refractivity contribution in [2.75, 3.05) is 13.1 Å². The molecule has 0 radical (unpaired) electrons. The summed E-state index contributed by atoms with van der Waals surface area (Å²) in [5.74, 6) is -1.20. The SMILES string of the molecule is Cc1ccn2cc(C(=O)NCCN3C(=O)S/C(=C\c4ccc(F)cc4)C3=O)nc2c1. The first-order valence-electron chi connectivity index (χ1n) is 9.15. The molecule has 3 aromatic rings. The van der Waals surface area contributed by atoms with E-state index in [-0.39, 0.29) is 35.4 Å². The van der Waals surface area contributed by atoms with E-state index in [1.54, 1.807) is 16.7 Å². The van der Waals surface area contributed by atoms with Crippen molar-refractivity contribution in [1.82, 2.24) is 19.6 Å². The predicted octanol–water partition coefficient (Wildman–Crippen LogP) is 3.25. The van der Waals surface area contributed by atoms with Crippen LogP contribution in [0.15, 0.2) is 53.7 Å². The molecule has 1 aliphatic rings. The average molecular weight is 424 g/mol. The standard InChI is InChI=1S/C21H17FN4O3S/c1-13-6-8-25-12-16(24-18(25)10-13)19(27)23-7-9-26-20(28)17(30-21(26)29)11-14-2-4-15(22)5-3-14/h2-6,8,10-12H,7,9H2,1H3,(H,23,27)/b17-11-. The summed E-state index contributed by atoms with van der Waals surface area (Å²) < 4.78 is 14.8. The molecule has 0 bridgehead atoms. The van der Waals surface area contributed by atoms with Crippen LogP contribution in [0.1, 0.15) is 21.6 Å². The highest BCUT2D eigenvalue weighted by Crippen LogP contribution is 2.31. The van der Waals surface area contributed by atoms with Crippen molar-refractivity contribution in [3.8, 4) is 0 Å². The minimum absolute atomic E-state index is 0.0453. The zero-order valence-electron chi connectivity index (χ0n) is 16.0. The molecule has 1 saturated heterocycles. The highest BCUT2D eigenvalue weighted by Gasteiger charge is 2.34. The minimum atomic E-state index is -0.438. The number of aromatic nitrogens is 2. The van der Waals surface area contributed by atoms with Gasteiger partial charge < -0.3 is 9.72 Å². The van der Waals surface area contributed by atoms with E-state index in [2.05, 4.69) is 10.3 Å². The molecule has 0 atom stereocenters. The Morgan fingerprint density at radius 2 is 2.00 bits per heavy atom. The first kappa shape index (κ1) is 19.8. The molecule has 30 heavy (non-hydrogen) atoms. The van der Waals surface area contributed by atoms with Gasteiger partial charge in [0, 0.05) is 25.5 Å². The Balaban J connectivity index is 1.37. The topological polar surface area (TPSA) is 83.8 Å². The third-order valence-corrected chi connectivity index (χ3v) is 5.42. The molecule has 0 spiro atoms. The molecule has 1 N–H and O–H groups in total. The second-order valence-corrected chi connectivity index (χ2v) is 7.73. The summed E-state index contributed by atoms with van der Waals surface area (Å²) in [6, 6.07) is 9.40. The van der Waals surface area contributed by atoms with Crippen LogP contribution in [0.25, 0.3) is 11.7 Å². The number of imide groups is 1. The molecule has 3 amide bonds. The quantitative estimate of drug-likeness (QED) is 0.636. The molecule has 9 heteroatoms. The summed E-state index contributed by atoms with van der Waals surface area (Å²) in [4.78, 5) is 42.6. The lowest BCUT2D eigenvalue weighted by molar-refractivity contribution is -0.122. The minimum Gasteiger partial charge on any atom is -0.349 e. The molecule has 1 aliphatic heterocycles. The Labute approximate surface area is 175 Å². The van der Waals surface area contributed by atoms with Crippen LogP contribution in [0.5, 0.6) is 0 Å². The Bertz CT molecular complexity index is 1190. The summed E-state index contributed by atoms with van der Waals surface area (Å²) in [5.41, 5.74) is 2.58. The molecule has 4 rings (SSSR count). The zero-order chi connectivity index (χ0) is 21.3. The van der Waals surface area contributed by atoms with Gasteiger partial charge in [-0.2, -0.15) is 0 Å². The number of nitrogens with zero attached hydrogens (tertiary/aromatic N) is 3. The number of amides is 3.